The van der Waals surface area contributed by atoms with Gasteiger partial charge in [0.1, 0.15) is 51.5 Å². The maximum atomic E-state index is 12.6. The second-order valence-corrected chi connectivity index (χ2v) is 14.6. The van der Waals surface area contributed by atoms with Crippen LogP contribution in [0.3, 0.4) is 0 Å². The number of rotatable bonds is 5. The van der Waals surface area contributed by atoms with Crippen molar-refractivity contribution in [2.24, 2.45) is 0 Å². The van der Waals surface area contributed by atoms with E-state index in [9.17, 15) is 19.2 Å². The molecule has 0 bridgehead atoms. The second-order valence-electron chi connectivity index (χ2n) is 12.1. The summed E-state index contributed by atoms with van der Waals surface area (Å²) in [6, 6.07) is 31.2. The first kappa shape index (κ1) is 56.0. The fourth-order valence-corrected chi connectivity index (χ4v) is 5.65. The van der Waals surface area contributed by atoms with Gasteiger partial charge in [-0.2, -0.15) is 21.0 Å². The molecule has 0 aliphatic carbocycles. The Balaban J connectivity index is 0.000000443. The molecule has 3 aromatic carbocycles. The predicted octanol–water partition coefficient (Wildman–Crippen LogP) is 8.40. The van der Waals surface area contributed by atoms with Gasteiger partial charge in [-0.25, -0.2) is 19.3 Å². The molecular formula is C44H31Cl6FN11NaO3. The Kier molecular flexibility index (Phi) is 24.3. The number of ether oxygens (including phenoxy) is 1. The predicted molar refractivity (Wildman–Crippen MR) is 253 cm³/mol. The number of nitrogens with two attached hydrogens (primary N) is 2. The number of aromatic nitrogens is 4. The van der Waals surface area contributed by atoms with Gasteiger partial charge >= 0.3 is 35.5 Å². The van der Waals surface area contributed by atoms with Crippen molar-refractivity contribution >= 4 is 109 Å². The number of esters is 1. The molecule has 4 aromatic heterocycles. The van der Waals surface area contributed by atoms with Crippen LogP contribution >= 0.6 is 69.6 Å². The molecule has 0 spiro atoms. The molecule has 0 saturated heterocycles. The minimum absolute atomic E-state index is 0. The standard InChI is InChI=1S/C15H8Cl2N4O.C12H7Cl2N3.C7H3ClFN.C5H5ClN2.C5H7NO2.Na.H/c16-8-1-3-10-12(5-8)21(9-2-4-13(17)20-7-9)15(22)11(6-18)14(10)19;13-9-2-1-8(6-15)11(5-9)17-10-3-4-12(14)16-7-10;8-6-2-1-5(4-10)7(9)3-6;6-5-2-1-4(7)3-8-5;1-2-8-5(7)3-4-6;;/h1-5,7H,19H2;1-5,7,17H;1-3H;1-3H,7H2;2-3H2,1H3;;/q;;;;;+1;-1. The zero-order valence-corrected chi connectivity index (χ0v) is 40.9. The van der Waals surface area contributed by atoms with Gasteiger partial charge in [0.15, 0.2) is 0 Å². The number of benzene rings is 3. The maximum absolute atomic E-state index is 12.6. The topological polar surface area (TPSA) is 246 Å². The molecular weight excluding hydrogens is 985 g/mol. The number of nitrogens with zero attached hydrogens (tertiary/aromatic N) is 8. The molecule has 0 aliphatic rings. The summed E-state index contributed by atoms with van der Waals surface area (Å²) in [6.45, 7) is 2.05. The van der Waals surface area contributed by atoms with Crippen molar-refractivity contribution in [2.75, 3.05) is 23.4 Å². The molecule has 0 fully saturated rings. The molecule has 0 amide bonds. The molecule has 0 saturated carbocycles. The van der Waals surface area contributed by atoms with Gasteiger partial charge in [-0.3, -0.25) is 14.2 Å². The smallest absolute Gasteiger partial charge is 1.00 e. The molecule has 330 valence electrons. The van der Waals surface area contributed by atoms with E-state index in [1.807, 2.05) is 6.07 Å². The number of fused-ring (bicyclic) bond motifs is 1. The molecule has 7 rings (SSSR count). The molecule has 66 heavy (non-hydrogen) atoms. The van der Waals surface area contributed by atoms with E-state index in [0.717, 1.165) is 11.8 Å². The van der Waals surface area contributed by atoms with Crippen molar-refractivity contribution in [2.45, 2.75) is 13.3 Å². The summed E-state index contributed by atoms with van der Waals surface area (Å²) >= 11 is 34.2. The van der Waals surface area contributed by atoms with Gasteiger partial charge in [0, 0.05) is 20.5 Å². The molecule has 7 aromatic rings. The van der Waals surface area contributed by atoms with E-state index in [2.05, 4.69) is 31.1 Å². The number of halogens is 7. The fraction of sp³-hybridized carbons (Fsp3) is 0.0682. The average Bonchev–Trinajstić information content (AvgIpc) is 3.27. The van der Waals surface area contributed by atoms with Crippen molar-refractivity contribution in [1.82, 2.24) is 19.5 Å². The van der Waals surface area contributed by atoms with E-state index in [1.54, 1.807) is 98.1 Å². The first-order valence-corrected chi connectivity index (χ1v) is 20.3. The number of nitriles is 4. The quantitative estimate of drug-likeness (QED) is 0.0834. The number of anilines is 4. The summed E-state index contributed by atoms with van der Waals surface area (Å²) in [7, 11) is 0. The van der Waals surface area contributed by atoms with E-state index in [0.29, 0.717) is 70.7 Å². The zero-order chi connectivity index (χ0) is 48.1. The van der Waals surface area contributed by atoms with E-state index in [4.69, 9.17) is 96.9 Å². The summed E-state index contributed by atoms with van der Waals surface area (Å²) in [5, 5.41) is 40.5. The van der Waals surface area contributed by atoms with Crippen molar-refractivity contribution in [3.05, 3.63) is 173 Å². The summed E-state index contributed by atoms with van der Waals surface area (Å²) in [4.78, 5) is 34.4. The SMILES string of the molecule is CCOC(=O)CC#N.N#Cc1c(N)c2ccc(Cl)cc2n(-c2ccc(Cl)nc2)c1=O.N#Cc1ccc(Cl)cc1F.N#Cc1ccc(Cl)cc1Nc1ccc(Cl)nc1.Nc1ccc(Cl)nc1.[H-].[Na+]. The molecule has 4 heterocycles. The van der Waals surface area contributed by atoms with Crippen LogP contribution in [0.2, 0.25) is 30.5 Å². The zero-order valence-electron chi connectivity index (χ0n) is 35.4. The van der Waals surface area contributed by atoms with Crippen molar-refractivity contribution in [1.29, 1.82) is 21.0 Å². The number of hydrogen-bond acceptors (Lipinski definition) is 13. The number of carbonyl (C=O) groups is 1. The van der Waals surface area contributed by atoms with Crippen LogP contribution in [-0.2, 0) is 9.53 Å². The Hall–Kier alpha value is -6.18. The summed E-state index contributed by atoms with van der Waals surface area (Å²) in [6.07, 6.45) is 4.40. The molecule has 0 radical (unpaired) electrons. The Morgan fingerprint density at radius 2 is 1.30 bits per heavy atom. The monoisotopic (exact) mass is 1010 g/mol. The Labute approximate surface area is 431 Å². The van der Waals surface area contributed by atoms with Crippen LogP contribution < -0.4 is 51.9 Å². The van der Waals surface area contributed by atoms with Gasteiger partial charge in [-0.05, 0) is 97.9 Å². The third-order valence-electron chi connectivity index (χ3n) is 7.70. The second kappa shape index (κ2) is 28.7. The van der Waals surface area contributed by atoms with E-state index >= 15 is 0 Å². The van der Waals surface area contributed by atoms with E-state index in [-0.39, 0.29) is 54.2 Å². The van der Waals surface area contributed by atoms with E-state index < -0.39 is 17.3 Å². The Morgan fingerprint density at radius 1 is 0.742 bits per heavy atom. The molecule has 0 aliphatic heterocycles. The number of nitrogens with one attached hydrogen (secondary N) is 1. The number of pyridine rings is 4. The van der Waals surface area contributed by atoms with Crippen LogP contribution in [0.4, 0.5) is 27.1 Å². The van der Waals surface area contributed by atoms with Crippen molar-refractivity contribution < 1.29 is 44.9 Å². The number of hydrogen-bond donors (Lipinski definition) is 3. The van der Waals surface area contributed by atoms with Crippen LogP contribution in [0.1, 0.15) is 31.5 Å². The van der Waals surface area contributed by atoms with Gasteiger partial charge in [0.25, 0.3) is 5.56 Å². The van der Waals surface area contributed by atoms with Crippen molar-refractivity contribution in [3.63, 3.8) is 0 Å². The average molecular weight is 1020 g/mol. The minimum Gasteiger partial charge on any atom is -1.00 e. The molecule has 22 heteroatoms. The summed E-state index contributed by atoms with van der Waals surface area (Å²) in [5.74, 6) is -1.02. The third-order valence-corrected chi connectivity index (χ3v) is 9.07. The molecule has 0 unspecified atom stereocenters. The Morgan fingerprint density at radius 3 is 1.80 bits per heavy atom. The number of carbonyl (C=O) groups excluding carboxylic acids is 1. The maximum Gasteiger partial charge on any atom is 1.00 e. The van der Waals surface area contributed by atoms with Gasteiger partial charge in [0.05, 0.1) is 76.3 Å². The molecule has 5 N–H and O–H groups in total. The van der Waals surface area contributed by atoms with Crippen LogP contribution in [0.15, 0.2) is 114 Å². The van der Waals surface area contributed by atoms with Crippen LogP contribution in [-0.4, -0.2) is 32.1 Å². The first-order chi connectivity index (χ1) is 31.0. The fourth-order valence-electron chi connectivity index (χ4n) is 4.82. The minimum atomic E-state index is -0.574. The summed E-state index contributed by atoms with van der Waals surface area (Å²) < 4.78 is 18.3. The van der Waals surface area contributed by atoms with Crippen LogP contribution in [0, 0.1) is 51.1 Å². The third kappa shape index (κ3) is 17.7. The Bertz CT molecular complexity index is 2980. The summed E-state index contributed by atoms with van der Waals surface area (Å²) in [5.41, 5.74) is 14.3. The first-order valence-electron chi connectivity index (χ1n) is 18.0. The largest absolute Gasteiger partial charge is 1.00 e. The van der Waals surface area contributed by atoms with Gasteiger partial charge in [0.2, 0.25) is 0 Å². The molecule has 0 atom stereocenters. The number of nitrogen functional groups attached to an aromatic ring is 2. The van der Waals surface area contributed by atoms with Gasteiger partial charge in [-0.1, -0.05) is 69.6 Å². The van der Waals surface area contributed by atoms with Gasteiger partial charge in [-0.15, -0.1) is 0 Å². The molecule has 14 nitrogen and oxygen atoms in total. The van der Waals surface area contributed by atoms with Gasteiger partial charge < -0.3 is 22.9 Å². The van der Waals surface area contributed by atoms with E-state index in [1.165, 1.54) is 29.1 Å². The van der Waals surface area contributed by atoms with Crippen molar-refractivity contribution in [3.8, 4) is 30.0 Å². The van der Waals surface area contributed by atoms with Crippen LogP contribution in [0.5, 0.6) is 0 Å². The normalized spacial score (nSPS) is 9.39. The van der Waals surface area contributed by atoms with Crippen LogP contribution in [0.25, 0.3) is 16.6 Å².